The topological polar surface area (TPSA) is 67.9 Å². The van der Waals surface area contributed by atoms with Crippen molar-refractivity contribution >= 4 is 17.5 Å². The summed E-state index contributed by atoms with van der Waals surface area (Å²) in [6, 6.07) is 14.2. The zero-order valence-electron chi connectivity index (χ0n) is 16.3. The second-order valence-corrected chi connectivity index (χ2v) is 7.08. The number of nitrogens with zero attached hydrogens (tertiary/aromatic N) is 1. The number of hydrogen-bond acceptors (Lipinski definition) is 4. The highest BCUT2D eigenvalue weighted by Crippen LogP contribution is 2.25. The molecule has 0 unspecified atom stereocenters. The molecule has 2 aromatic carbocycles. The first-order valence-electron chi connectivity index (χ1n) is 9.53. The Morgan fingerprint density at radius 1 is 1.04 bits per heavy atom. The molecule has 28 heavy (non-hydrogen) atoms. The number of hydrogen-bond donors (Lipinski definition) is 1. The molecule has 2 amide bonds. The molecule has 0 saturated heterocycles. The summed E-state index contributed by atoms with van der Waals surface area (Å²) < 4.78 is 11.5. The molecule has 0 aliphatic heterocycles. The third-order valence-electron chi connectivity index (χ3n) is 4.70. The van der Waals surface area contributed by atoms with Crippen LogP contribution in [0.5, 0.6) is 11.5 Å². The Hall–Kier alpha value is -3.02. The van der Waals surface area contributed by atoms with E-state index in [0.717, 1.165) is 18.6 Å². The minimum Gasteiger partial charge on any atom is -0.490 e. The summed E-state index contributed by atoms with van der Waals surface area (Å²) in [6.45, 7) is -0.121. The molecule has 6 heteroatoms. The predicted octanol–water partition coefficient (Wildman–Crippen LogP) is 3.73. The molecule has 2 aromatic rings. The molecule has 0 heterocycles. The average molecular weight is 382 g/mol. The summed E-state index contributed by atoms with van der Waals surface area (Å²) >= 11 is 0. The Morgan fingerprint density at radius 2 is 1.71 bits per heavy atom. The summed E-state index contributed by atoms with van der Waals surface area (Å²) in [5.74, 6) is 0.720. The molecule has 0 radical (unpaired) electrons. The lowest BCUT2D eigenvalue weighted by molar-refractivity contribution is -0.130. The first-order valence-corrected chi connectivity index (χ1v) is 9.53. The van der Waals surface area contributed by atoms with Crippen LogP contribution in [0.3, 0.4) is 0 Å². The fourth-order valence-electron chi connectivity index (χ4n) is 3.06. The smallest absolute Gasteiger partial charge is 0.259 e. The van der Waals surface area contributed by atoms with Gasteiger partial charge in [0.2, 0.25) is 0 Å². The van der Waals surface area contributed by atoms with Crippen LogP contribution in [0.15, 0.2) is 48.5 Å². The van der Waals surface area contributed by atoms with E-state index in [1.807, 2.05) is 24.3 Å². The first kappa shape index (κ1) is 19.7. The summed E-state index contributed by atoms with van der Waals surface area (Å²) in [7, 11) is 3.31. The van der Waals surface area contributed by atoms with Crippen LogP contribution in [0.2, 0.25) is 0 Å². The lowest BCUT2D eigenvalue weighted by Crippen LogP contribution is -2.28. The minimum absolute atomic E-state index is 0.121. The van der Waals surface area contributed by atoms with Gasteiger partial charge in [-0.1, -0.05) is 12.1 Å². The Bertz CT molecular complexity index is 812. The second kappa shape index (κ2) is 9.26. The molecule has 0 atom stereocenters. The monoisotopic (exact) mass is 382 g/mol. The van der Waals surface area contributed by atoms with Crippen LogP contribution in [0.25, 0.3) is 0 Å². The minimum atomic E-state index is -0.294. The van der Waals surface area contributed by atoms with Gasteiger partial charge < -0.3 is 19.7 Å². The molecular formula is C22H26N2O4. The fourth-order valence-corrected chi connectivity index (χ4v) is 3.06. The van der Waals surface area contributed by atoms with E-state index in [1.54, 1.807) is 38.4 Å². The number of amides is 2. The predicted molar refractivity (Wildman–Crippen MR) is 108 cm³/mol. The highest BCUT2D eigenvalue weighted by Gasteiger charge is 2.17. The van der Waals surface area contributed by atoms with E-state index in [2.05, 4.69) is 5.32 Å². The SMILES string of the molecule is CN(C)C(=O)COc1ccccc1C(=O)Nc1ccc(OC2CCCC2)cc1. The van der Waals surface area contributed by atoms with Gasteiger partial charge in [0.05, 0.1) is 11.7 Å². The fraction of sp³-hybridized carbons (Fsp3) is 0.364. The van der Waals surface area contributed by atoms with E-state index < -0.39 is 0 Å². The van der Waals surface area contributed by atoms with Gasteiger partial charge in [0.25, 0.3) is 11.8 Å². The van der Waals surface area contributed by atoms with Crippen molar-refractivity contribution in [3.05, 3.63) is 54.1 Å². The van der Waals surface area contributed by atoms with E-state index in [-0.39, 0.29) is 18.4 Å². The highest BCUT2D eigenvalue weighted by atomic mass is 16.5. The first-order chi connectivity index (χ1) is 13.5. The zero-order valence-corrected chi connectivity index (χ0v) is 16.3. The van der Waals surface area contributed by atoms with Crippen molar-refractivity contribution in [2.45, 2.75) is 31.8 Å². The summed E-state index contributed by atoms with van der Waals surface area (Å²) in [5.41, 5.74) is 1.04. The van der Waals surface area contributed by atoms with Gasteiger partial charge >= 0.3 is 0 Å². The molecule has 0 bridgehead atoms. The molecule has 1 aliphatic carbocycles. The number of rotatable bonds is 7. The summed E-state index contributed by atoms with van der Waals surface area (Å²) in [5, 5.41) is 2.86. The van der Waals surface area contributed by atoms with Gasteiger partial charge in [0.15, 0.2) is 6.61 Å². The molecule has 1 saturated carbocycles. The molecule has 1 aliphatic rings. The second-order valence-electron chi connectivity index (χ2n) is 7.08. The average Bonchev–Trinajstić information content (AvgIpc) is 3.20. The van der Waals surface area contributed by atoms with Gasteiger partial charge in [-0.15, -0.1) is 0 Å². The normalized spacial score (nSPS) is 13.8. The third-order valence-corrected chi connectivity index (χ3v) is 4.70. The molecule has 1 fully saturated rings. The molecule has 3 rings (SSSR count). The summed E-state index contributed by atoms with van der Waals surface area (Å²) in [6.07, 6.45) is 4.95. The number of para-hydroxylation sites is 1. The molecule has 0 aromatic heterocycles. The van der Waals surface area contributed by atoms with Gasteiger partial charge in [0.1, 0.15) is 11.5 Å². The van der Waals surface area contributed by atoms with Crippen molar-refractivity contribution in [1.29, 1.82) is 0 Å². The zero-order chi connectivity index (χ0) is 19.9. The number of carbonyl (C=O) groups is 2. The maximum Gasteiger partial charge on any atom is 0.259 e. The number of nitrogens with one attached hydrogen (secondary N) is 1. The van der Waals surface area contributed by atoms with Crippen LogP contribution in [-0.4, -0.2) is 43.5 Å². The van der Waals surface area contributed by atoms with E-state index in [9.17, 15) is 9.59 Å². The van der Waals surface area contributed by atoms with Crippen LogP contribution in [0.1, 0.15) is 36.0 Å². The lowest BCUT2D eigenvalue weighted by Gasteiger charge is -2.15. The van der Waals surface area contributed by atoms with Crippen molar-refractivity contribution in [2.24, 2.45) is 0 Å². The van der Waals surface area contributed by atoms with Gasteiger partial charge in [0, 0.05) is 19.8 Å². The largest absolute Gasteiger partial charge is 0.490 e. The Balaban J connectivity index is 1.62. The molecule has 0 spiro atoms. The van der Waals surface area contributed by atoms with Crippen LogP contribution < -0.4 is 14.8 Å². The van der Waals surface area contributed by atoms with Crippen molar-refractivity contribution in [2.75, 3.05) is 26.0 Å². The van der Waals surface area contributed by atoms with Gasteiger partial charge in [-0.25, -0.2) is 0 Å². The van der Waals surface area contributed by atoms with Gasteiger partial charge in [-0.3, -0.25) is 9.59 Å². The van der Waals surface area contributed by atoms with Crippen LogP contribution in [0, 0.1) is 0 Å². The quantitative estimate of drug-likeness (QED) is 0.792. The van der Waals surface area contributed by atoms with Gasteiger partial charge in [-0.2, -0.15) is 0 Å². The van der Waals surface area contributed by atoms with E-state index in [4.69, 9.17) is 9.47 Å². The number of ether oxygens (including phenoxy) is 2. The Morgan fingerprint density at radius 3 is 2.39 bits per heavy atom. The van der Waals surface area contributed by atoms with Crippen molar-refractivity contribution in [3.8, 4) is 11.5 Å². The van der Waals surface area contributed by atoms with E-state index >= 15 is 0 Å². The molecule has 148 valence electrons. The highest BCUT2D eigenvalue weighted by molar-refractivity contribution is 6.06. The molecule has 1 N–H and O–H groups in total. The van der Waals surface area contributed by atoms with Crippen molar-refractivity contribution in [1.82, 2.24) is 4.90 Å². The molecular weight excluding hydrogens is 356 g/mol. The Labute approximate surface area is 165 Å². The third kappa shape index (κ3) is 5.25. The van der Waals surface area contributed by atoms with Crippen molar-refractivity contribution in [3.63, 3.8) is 0 Å². The lowest BCUT2D eigenvalue weighted by atomic mass is 10.2. The van der Waals surface area contributed by atoms with Crippen LogP contribution in [0.4, 0.5) is 5.69 Å². The standard InChI is InChI=1S/C22H26N2O4/c1-24(2)21(25)15-27-20-10-6-5-9-19(20)22(26)23-16-11-13-18(14-12-16)28-17-7-3-4-8-17/h5-6,9-14,17H,3-4,7-8,15H2,1-2H3,(H,23,26). The van der Waals surface area contributed by atoms with Crippen LogP contribution in [-0.2, 0) is 4.79 Å². The maximum absolute atomic E-state index is 12.7. The number of anilines is 1. The maximum atomic E-state index is 12.7. The van der Waals surface area contributed by atoms with E-state index in [0.29, 0.717) is 23.1 Å². The van der Waals surface area contributed by atoms with Crippen molar-refractivity contribution < 1.29 is 19.1 Å². The summed E-state index contributed by atoms with van der Waals surface area (Å²) in [4.78, 5) is 25.8. The Kier molecular flexibility index (Phi) is 6.53. The number of benzene rings is 2. The van der Waals surface area contributed by atoms with Gasteiger partial charge in [-0.05, 0) is 62.1 Å². The number of carbonyl (C=O) groups excluding carboxylic acids is 2. The van der Waals surface area contributed by atoms with E-state index in [1.165, 1.54) is 17.7 Å². The number of likely N-dealkylation sites (N-methyl/N-ethyl adjacent to an activating group) is 1. The molecule has 6 nitrogen and oxygen atoms in total. The van der Waals surface area contributed by atoms with Crippen LogP contribution >= 0.6 is 0 Å².